The van der Waals surface area contributed by atoms with Crippen molar-refractivity contribution >= 4 is 28.0 Å². The van der Waals surface area contributed by atoms with E-state index < -0.39 is 11.2 Å². The van der Waals surface area contributed by atoms with E-state index in [0.717, 1.165) is 77.8 Å². The van der Waals surface area contributed by atoms with E-state index >= 15 is 0 Å². The summed E-state index contributed by atoms with van der Waals surface area (Å²) in [6.45, 7) is 7.11. The third-order valence-electron chi connectivity index (χ3n) is 5.12. The van der Waals surface area contributed by atoms with Crippen molar-refractivity contribution in [1.82, 2.24) is 14.5 Å². The molecule has 1 fully saturated rings. The Balaban J connectivity index is 1.83. The van der Waals surface area contributed by atoms with E-state index in [1.807, 2.05) is 6.92 Å². The summed E-state index contributed by atoms with van der Waals surface area (Å²) in [4.78, 5) is 9.29. The molecule has 1 aliphatic rings. The second-order valence-corrected chi connectivity index (χ2v) is 8.98. The maximum atomic E-state index is 12.1. The molecule has 2 aromatic heterocycles. The van der Waals surface area contributed by atoms with Crippen molar-refractivity contribution in [3.8, 4) is 0 Å². The van der Waals surface area contributed by atoms with Crippen LogP contribution in [0, 0.1) is 19.8 Å². The van der Waals surface area contributed by atoms with E-state index in [-0.39, 0.29) is 0 Å². The average molecular weight is 363 g/mol. The van der Waals surface area contributed by atoms with Gasteiger partial charge in [0, 0.05) is 25.1 Å². The number of fused-ring (bicyclic) bond motifs is 1. The minimum absolute atomic E-state index is 0.528. The van der Waals surface area contributed by atoms with Crippen molar-refractivity contribution in [3.05, 3.63) is 17.1 Å². The molecular formula is C19H30N4OS. The summed E-state index contributed by atoms with van der Waals surface area (Å²) in [5, 5.41) is 0. The van der Waals surface area contributed by atoms with Crippen LogP contribution in [0.5, 0.6) is 0 Å². The minimum atomic E-state index is -0.705. The number of imidazole rings is 1. The number of rotatable bonds is 9. The van der Waals surface area contributed by atoms with E-state index in [0.29, 0.717) is 5.82 Å². The molecule has 0 aromatic carbocycles. The third kappa shape index (κ3) is 4.29. The SMILES string of the molecule is CCCC[S+]([O-])CCCn1c(CC2CC2)nc2c(N)nc(C)c(C)c21. The Hall–Kier alpha value is -1.27. The van der Waals surface area contributed by atoms with Gasteiger partial charge < -0.3 is 14.9 Å². The third-order valence-corrected chi connectivity index (χ3v) is 6.61. The maximum Gasteiger partial charge on any atom is 0.151 e. The molecule has 2 aromatic rings. The van der Waals surface area contributed by atoms with Gasteiger partial charge in [0.15, 0.2) is 5.82 Å². The molecule has 1 atom stereocenters. The van der Waals surface area contributed by atoms with Crippen LogP contribution in [-0.2, 0) is 24.1 Å². The summed E-state index contributed by atoms with van der Waals surface area (Å²) in [5.41, 5.74) is 10.2. The summed E-state index contributed by atoms with van der Waals surface area (Å²) < 4.78 is 14.4. The Bertz CT molecular complexity index is 739. The smallest absolute Gasteiger partial charge is 0.151 e. The Labute approximate surface area is 153 Å². The highest BCUT2D eigenvalue weighted by Gasteiger charge is 2.26. The molecule has 2 heterocycles. The first kappa shape index (κ1) is 18.5. The molecule has 138 valence electrons. The van der Waals surface area contributed by atoms with E-state index in [1.54, 1.807) is 0 Å². The summed E-state index contributed by atoms with van der Waals surface area (Å²) in [5.74, 6) is 4.01. The highest BCUT2D eigenvalue weighted by Crippen LogP contribution is 2.34. The molecule has 1 saturated carbocycles. The molecule has 25 heavy (non-hydrogen) atoms. The van der Waals surface area contributed by atoms with Gasteiger partial charge in [-0.3, -0.25) is 0 Å². The largest absolute Gasteiger partial charge is 0.616 e. The standard InChI is InChI=1S/C19H30N4OS/c1-4-5-10-25(24)11-6-9-23-16(12-15-7-8-15)22-17-18(23)13(2)14(3)21-19(17)20/h15H,4-12H2,1-3H3,(H2,20,21). The predicted molar refractivity (Wildman–Crippen MR) is 105 cm³/mol. The molecule has 0 saturated heterocycles. The number of pyridine rings is 1. The van der Waals surface area contributed by atoms with Crippen LogP contribution in [0.4, 0.5) is 5.82 Å². The number of nitrogen functional groups attached to an aromatic ring is 1. The first-order valence-corrected chi connectivity index (χ1v) is 11.0. The van der Waals surface area contributed by atoms with Crippen molar-refractivity contribution in [3.63, 3.8) is 0 Å². The van der Waals surface area contributed by atoms with Gasteiger partial charge in [-0.25, -0.2) is 9.97 Å². The lowest BCUT2D eigenvalue weighted by atomic mass is 10.2. The van der Waals surface area contributed by atoms with Gasteiger partial charge >= 0.3 is 0 Å². The highest BCUT2D eigenvalue weighted by atomic mass is 32.2. The summed E-state index contributed by atoms with van der Waals surface area (Å²) >= 11 is -0.705. The van der Waals surface area contributed by atoms with Crippen LogP contribution < -0.4 is 5.73 Å². The fraction of sp³-hybridized carbons (Fsp3) is 0.684. The molecule has 0 aliphatic heterocycles. The molecule has 6 heteroatoms. The zero-order chi connectivity index (χ0) is 18.0. The summed E-state index contributed by atoms with van der Waals surface area (Å²) in [6.07, 6.45) is 6.69. The van der Waals surface area contributed by atoms with Gasteiger partial charge in [0.05, 0.1) is 5.52 Å². The molecular weight excluding hydrogens is 332 g/mol. The average Bonchev–Trinajstić information content (AvgIpc) is 3.32. The number of hydrogen-bond donors (Lipinski definition) is 1. The van der Waals surface area contributed by atoms with Crippen molar-refractivity contribution in [1.29, 1.82) is 0 Å². The molecule has 3 rings (SSSR count). The van der Waals surface area contributed by atoms with Gasteiger partial charge in [-0.1, -0.05) is 24.5 Å². The number of unbranched alkanes of at least 4 members (excludes halogenated alkanes) is 1. The summed E-state index contributed by atoms with van der Waals surface area (Å²) in [6, 6.07) is 0. The van der Waals surface area contributed by atoms with Crippen molar-refractivity contribution in [2.45, 2.75) is 65.8 Å². The second-order valence-electron chi connectivity index (χ2n) is 7.29. The molecule has 0 spiro atoms. The van der Waals surface area contributed by atoms with Crippen LogP contribution in [0.25, 0.3) is 11.0 Å². The number of aryl methyl sites for hydroxylation is 3. The van der Waals surface area contributed by atoms with E-state index in [9.17, 15) is 4.55 Å². The van der Waals surface area contributed by atoms with Crippen molar-refractivity contribution in [2.75, 3.05) is 17.2 Å². The highest BCUT2D eigenvalue weighted by molar-refractivity contribution is 7.91. The fourth-order valence-corrected chi connectivity index (χ4v) is 4.58. The predicted octanol–water partition coefficient (Wildman–Crippen LogP) is 3.52. The van der Waals surface area contributed by atoms with E-state index in [4.69, 9.17) is 10.7 Å². The number of hydrogen-bond acceptors (Lipinski definition) is 4. The van der Waals surface area contributed by atoms with Crippen LogP contribution in [0.15, 0.2) is 0 Å². The first-order chi connectivity index (χ1) is 12.0. The van der Waals surface area contributed by atoms with Gasteiger partial charge in [-0.15, -0.1) is 0 Å². The van der Waals surface area contributed by atoms with Crippen LogP contribution in [0.3, 0.4) is 0 Å². The van der Waals surface area contributed by atoms with Crippen LogP contribution >= 0.6 is 0 Å². The molecule has 1 unspecified atom stereocenters. The Morgan fingerprint density at radius 1 is 1.20 bits per heavy atom. The van der Waals surface area contributed by atoms with E-state index in [2.05, 4.69) is 23.4 Å². The Kier molecular flexibility index (Phi) is 5.89. The Morgan fingerprint density at radius 3 is 2.60 bits per heavy atom. The van der Waals surface area contributed by atoms with Gasteiger partial charge in [0.2, 0.25) is 0 Å². The molecule has 1 aliphatic carbocycles. The van der Waals surface area contributed by atoms with Gasteiger partial charge in [0.1, 0.15) is 22.8 Å². The van der Waals surface area contributed by atoms with E-state index in [1.165, 1.54) is 12.8 Å². The number of aromatic nitrogens is 3. The van der Waals surface area contributed by atoms with Crippen LogP contribution in [-0.4, -0.2) is 30.6 Å². The fourth-order valence-electron chi connectivity index (χ4n) is 3.31. The summed E-state index contributed by atoms with van der Waals surface area (Å²) in [7, 11) is 0. The lowest BCUT2D eigenvalue weighted by Gasteiger charge is -2.14. The lowest BCUT2D eigenvalue weighted by molar-refractivity contribution is 0.579. The first-order valence-electron chi connectivity index (χ1n) is 9.48. The van der Waals surface area contributed by atoms with Crippen LogP contribution in [0.1, 0.15) is 56.1 Å². The Morgan fingerprint density at radius 2 is 1.92 bits per heavy atom. The van der Waals surface area contributed by atoms with Gasteiger partial charge in [-0.2, -0.15) is 0 Å². The minimum Gasteiger partial charge on any atom is -0.616 e. The van der Waals surface area contributed by atoms with Gasteiger partial charge in [0.25, 0.3) is 0 Å². The molecule has 0 bridgehead atoms. The number of anilines is 1. The molecule has 0 amide bonds. The molecule has 5 nitrogen and oxygen atoms in total. The lowest BCUT2D eigenvalue weighted by Crippen LogP contribution is -2.14. The number of nitrogens with zero attached hydrogens (tertiary/aromatic N) is 3. The van der Waals surface area contributed by atoms with Crippen molar-refractivity contribution < 1.29 is 4.55 Å². The molecule has 0 radical (unpaired) electrons. The normalized spacial score (nSPS) is 15.8. The zero-order valence-corrected chi connectivity index (χ0v) is 16.5. The molecule has 2 N–H and O–H groups in total. The zero-order valence-electron chi connectivity index (χ0n) is 15.7. The number of nitrogens with two attached hydrogens (primary N) is 1. The monoisotopic (exact) mass is 362 g/mol. The van der Waals surface area contributed by atoms with Crippen LogP contribution in [0.2, 0.25) is 0 Å². The maximum absolute atomic E-state index is 12.1. The van der Waals surface area contributed by atoms with Gasteiger partial charge in [-0.05, 0) is 44.6 Å². The van der Waals surface area contributed by atoms with Crippen molar-refractivity contribution in [2.24, 2.45) is 5.92 Å². The quantitative estimate of drug-likeness (QED) is 0.692. The second kappa shape index (κ2) is 7.96. The topological polar surface area (TPSA) is 79.8 Å².